The van der Waals surface area contributed by atoms with E-state index in [1.54, 1.807) is 6.07 Å². The number of nitrogens with zero attached hydrogens (tertiary/aromatic N) is 1. The molecule has 1 heterocycles. The van der Waals surface area contributed by atoms with Gasteiger partial charge in [-0.25, -0.2) is 4.39 Å². The molecule has 1 rings (SSSR count). The minimum absolute atomic E-state index is 0.122. The fourth-order valence-corrected chi connectivity index (χ4v) is 1.95. The Balaban J connectivity index is 3.11. The van der Waals surface area contributed by atoms with Gasteiger partial charge in [-0.2, -0.15) is 0 Å². The van der Waals surface area contributed by atoms with Gasteiger partial charge in [0.25, 0.3) is 0 Å². The third kappa shape index (κ3) is 3.04. The molecule has 5 heteroatoms. The van der Waals surface area contributed by atoms with Gasteiger partial charge >= 0.3 is 5.97 Å². The van der Waals surface area contributed by atoms with Crippen LogP contribution in [-0.2, 0) is 14.9 Å². The van der Waals surface area contributed by atoms with E-state index in [0.29, 0.717) is 12.1 Å². The number of carbonyl (C=O) groups excluding carboxylic acids is 1. The average molecular weight is 254 g/mol. The van der Waals surface area contributed by atoms with Crippen LogP contribution < -0.4 is 5.73 Å². The van der Waals surface area contributed by atoms with Crippen molar-refractivity contribution in [2.75, 3.05) is 7.11 Å². The smallest absolute Gasteiger partial charge is 0.306 e. The van der Waals surface area contributed by atoms with E-state index in [0.717, 1.165) is 6.20 Å². The van der Waals surface area contributed by atoms with Gasteiger partial charge in [0, 0.05) is 17.2 Å². The van der Waals surface area contributed by atoms with Crippen molar-refractivity contribution in [3.63, 3.8) is 0 Å². The van der Waals surface area contributed by atoms with Crippen molar-refractivity contribution in [2.45, 2.75) is 38.1 Å². The monoisotopic (exact) mass is 254 g/mol. The number of rotatable bonds is 5. The maximum absolute atomic E-state index is 12.9. The molecule has 0 aliphatic rings. The van der Waals surface area contributed by atoms with Crippen LogP contribution in [-0.4, -0.2) is 24.1 Å². The molecule has 100 valence electrons. The predicted octanol–water partition coefficient (Wildman–Crippen LogP) is 1.78. The van der Waals surface area contributed by atoms with E-state index in [1.807, 2.05) is 13.8 Å². The summed E-state index contributed by atoms with van der Waals surface area (Å²) in [5.74, 6) is -0.767. The Bertz CT molecular complexity index is 408. The number of carbonyl (C=O) groups is 1. The second-order valence-corrected chi connectivity index (χ2v) is 4.55. The van der Waals surface area contributed by atoms with Gasteiger partial charge in [0.15, 0.2) is 0 Å². The van der Waals surface area contributed by atoms with E-state index in [9.17, 15) is 9.18 Å². The summed E-state index contributed by atoms with van der Waals surface area (Å²) in [6.45, 7) is 3.78. The summed E-state index contributed by atoms with van der Waals surface area (Å²) in [5, 5.41) is 0. The van der Waals surface area contributed by atoms with Crippen LogP contribution in [0.1, 0.15) is 32.4 Å². The molecule has 0 radical (unpaired) electrons. The molecule has 0 aromatic carbocycles. The summed E-state index contributed by atoms with van der Waals surface area (Å²) in [5.41, 5.74) is 6.03. The van der Waals surface area contributed by atoms with Gasteiger partial charge < -0.3 is 10.5 Å². The molecule has 0 bridgehead atoms. The van der Waals surface area contributed by atoms with E-state index in [-0.39, 0.29) is 18.4 Å². The van der Waals surface area contributed by atoms with Crippen LogP contribution in [0.2, 0.25) is 0 Å². The molecule has 2 unspecified atom stereocenters. The van der Waals surface area contributed by atoms with E-state index in [2.05, 4.69) is 9.72 Å². The fraction of sp³-hybridized carbons (Fsp3) is 0.538. The van der Waals surface area contributed by atoms with Crippen molar-refractivity contribution in [3.8, 4) is 0 Å². The molecule has 0 saturated carbocycles. The molecular formula is C13H19FN2O2. The lowest BCUT2D eigenvalue weighted by atomic mass is 9.75. The Labute approximate surface area is 106 Å². The summed E-state index contributed by atoms with van der Waals surface area (Å²) in [6.07, 6.45) is 1.94. The average Bonchev–Trinajstić information content (AvgIpc) is 2.38. The zero-order valence-electron chi connectivity index (χ0n) is 10.9. The number of halogens is 1. The molecule has 0 fully saturated rings. The van der Waals surface area contributed by atoms with Crippen molar-refractivity contribution in [2.24, 2.45) is 5.73 Å². The van der Waals surface area contributed by atoms with Crippen LogP contribution in [0, 0.1) is 5.82 Å². The number of ether oxygens (including phenoxy) is 1. The van der Waals surface area contributed by atoms with Gasteiger partial charge in [0.05, 0.1) is 19.7 Å². The standard InChI is InChI=1S/C13H19FN2O2/c1-4-10(15)13(2,7-12(17)18-3)11-6-5-9(14)8-16-11/h5-6,8,10H,4,7,15H2,1-3H3. The topological polar surface area (TPSA) is 65.2 Å². The first kappa shape index (κ1) is 14.6. The van der Waals surface area contributed by atoms with Crippen LogP contribution in [0.15, 0.2) is 18.3 Å². The van der Waals surface area contributed by atoms with E-state index in [1.165, 1.54) is 13.2 Å². The highest BCUT2D eigenvalue weighted by Gasteiger charge is 2.36. The summed E-state index contributed by atoms with van der Waals surface area (Å²) < 4.78 is 17.6. The first-order chi connectivity index (χ1) is 8.43. The number of methoxy groups -OCH3 is 1. The molecular weight excluding hydrogens is 235 g/mol. The highest BCUT2D eigenvalue weighted by Crippen LogP contribution is 2.31. The molecule has 18 heavy (non-hydrogen) atoms. The summed E-state index contributed by atoms with van der Waals surface area (Å²) in [6, 6.07) is 2.63. The van der Waals surface area contributed by atoms with Gasteiger partial charge in [-0.05, 0) is 18.6 Å². The lowest BCUT2D eigenvalue weighted by molar-refractivity contribution is -0.142. The first-order valence-electron chi connectivity index (χ1n) is 5.88. The number of pyridine rings is 1. The molecule has 2 atom stereocenters. The fourth-order valence-electron chi connectivity index (χ4n) is 1.95. The van der Waals surface area contributed by atoms with E-state index < -0.39 is 11.2 Å². The normalized spacial score (nSPS) is 15.8. The van der Waals surface area contributed by atoms with Crippen molar-refractivity contribution in [1.82, 2.24) is 4.98 Å². The zero-order valence-corrected chi connectivity index (χ0v) is 10.9. The van der Waals surface area contributed by atoms with Crippen molar-refractivity contribution < 1.29 is 13.9 Å². The molecule has 1 aromatic heterocycles. The lowest BCUT2D eigenvalue weighted by Crippen LogP contribution is -2.45. The SMILES string of the molecule is CCC(N)C(C)(CC(=O)OC)c1ccc(F)cn1. The molecule has 0 aliphatic heterocycles. The molecule has 0 spiro atoms. The summed E-state index contributed by atoms with van der Waals surface area (Å²) in [7, 11) is 1.33. The number of aromatic nitrogens is 1. The minimum Gasteiger partial charge on any atom is -0.469 e. The van der Waals surface area contributed by atoms with Gasteiger partial charge in [-0.3, -0.25) is 9.78 Å². The molecule has 2 N–H and O–H groups in total. The third-order valence-electron chi connectivity index (χ3n) is 3.31. The highest BCUT2D eigenvalue weighted by molar-refractivity contribution is 5.71. The number of nitrogens with two attached hydrogens (primary N) is 1. The van der Waals surface area contributed by atoms with Crippen molar-refractivity contribution >= 4 is 5.97 Å². The summed E-state index contributed by atoms with van der Waals surface area (Å²) >= 11 is 0. The maximum atomic E-state index is 12.9. The summed E-state index contributed by atoms with van der Waals surface area (Å²) in [4.78, 5) is 15.6. The van der Waals surface area contributed by atoms with Crippen LogP contribution in [0.4, 0.5) is 4.39 Å². The van der Waals surface area contributed by atoms with Gasteiger partial charge in [0.2, 0.25) is 0 Å². The van der Waals surface area contributed by atoms with Crippen LogP contribution in [0.5, 0.6) is 0 Å². The zero-order chi connectivity index (χ0) is 13.8. The highest BCUT2D eigenvalue weighted by atomic mass is 19.1. The third-order valence-corrected chi connectivity index (χ3v) is 3.31. The Hall–Kier alpha value is -1.49. The largest absolute Gasteiger partial charge is 0.469 e. The minimum atomic E-state index is -0.657. The lowest BCUT2D eigenvalue weighted by Gasteiger charge is -2.33. The van der Waals surface area contributed by atoms with Gasteiger partial charge in [-0.15, -0.1) is 0 Å². The van der Waals surface area contributed by atoms with E-state index in [4.69, 9.17) is 5.73 Å². The number of esters is 1. The van der Waals surface area contributed by atoms with E-state index >= 15 is 0 Å². The maximum Gasteiger partial charge on any atom is 0.306 e. The first-order valence-corrected chi connectivity index (χ1v) is 5.88. The van der Waals surface area contributed by atoms with Crippen LogP contribution in [0.25, 0.3) is 0 Å². The molecule has 0 aliphatic carbocycles. The Morgan fingerprint density at radius 1 is 1.61 bits per heavy atom. The molecule has 4 nitrogen and oxygen atoms in total. The Kier molecular flexibility index (Phi) is 4.78. The molecule has 0 saturated heterocycles. The van der Waals surface area contributed by atoms with Gasteiger partial charge in [-0.1, -0.05) is 13.8 Å². The Morgan fingerprint density at radius 2 is 2.28 bits per heavy atom. The van der Waals surface area contributed by atoms with Crippen LogP contribution >= 0.6 is 0 Å². The Morgan fingerprint density at radius 3 is 2.72 bits per heavy atom. The number of hydrogen-bond acceptors (Lipinski definition) is 4. The predicted molar refractivity (Wildman–Crippen MR) is 66.4 cm³/mol. The van der Waals surface area contributed by atoms with Gasteiger partial charge in [0.1, 0.15) is 5.82 Å². The second-order valence-electron chi connectivity index (χ2n) is 4.55. The number of hydrogen-bond donors (Lipinski definition) is 1. The van der Waals surface area contributed by atoms with Crippen molar-refractivity contribution in [3.05, 3.63) is 29.8 Å². The van der Waals surface area contributed by atoms with Crippen molar-refractivity contribution in [1.29, 1.82) is 0 Å². The van der Waals surface area contributed by atoms with Crippen LogP contribution in [0.3, 0.4) is 0 Å². The second kappa shape index (κ2) is 5.91. The quantitative estimate of drug-likeness (QED) is 0.813. The molecule has 0 amide bonds. The molecule has 1 aromatic rings.